The molecule has 1 aliphatic rings. The van der Waals surface area contributed by atoms with Gasteiger partial charge in [0.1, 0.15) is 0 Å². The van der Waals surface area contributed by atoms with Crippen LogP contribution in [0.2, 0.25) is 0 Å². The van der Waals surface area contributed by atoms with Gasteiger partial charge in [0.05, 0.1) is 0 Å². The van der Waals surface area contributed by atoms with E-state index in [0.29, 0.717) is 12.2 Å². The Bertz CT molecular complexity index is 580. The largest absolute Gasteiger partial charge is 0.353 e. The highest BCUT2D eigenvalue weighted by atomic mass is 16.1. The molecule has 2 aromatic heterocycles. The molecule has 4 nitrogen and oxygen atoms in total. The molecule has 0 unspecified atom stereocenters. The number of hydrogen-bond acceptors (Lipinski definition) is 2. The average molecular weight is 243 g/mol. The Hall–Kier alpha value is -1.84. The van der Waals surface area contributed by atoms with Crippen molar-refractivity contribution in [1.82, 2.24) is 14.3 Å². The Balaban J connectivity index is 1.74. The summed E-state index contributed by atoms with van der Waals surface area (Å²) in [5.41, 5.74) is 3.37. The highest BCUT2D eigenvalue weighted by molar-refractivity contribution is 5.98. The molecule has 0 fully saturated rings. The zero-order valence-electron chi connectivity index (χ0n) is 10.6. The van der Waals surface area contributed by atoms with E-state index in [1.807, 2.05) is 30.2 Å². The maximum absolute atomic E-state index is 11.8. The van der Waals surface area contributed by atoms with Crippen LogP contribution in [-0.4, -0.2) is 20.1 Å². The SMILES string of the molecule is Cn1nccc1CCn1cc2c(c1)C(=O)CCC2. The smallest absolute Gasteiger partial charge is 0.164 e. The van der Waals surface area contributed by atoms with E-state index < -0.39 is 0 Å². The van der Waals surface area contributed by atoms with E-state index in [4.69, 9.17) is 0 Å². The molecule has 0 saturated carbocycles. The molecule has 0 atom stereocenters. The average Bonchev–Trinajstić information content (AvgIpc) is 2.93. The van der Waals surface area contributed by atoms with Gasteiger partial charge in [-0.05, 0) is 24.5 Å². The maximum atomic E-state index is 11.8. The molecule has 0 radical (unpaired) electrons. The second-order valence-corrected chi connectivity index (χ2v) is 4.91. The van der Waals surface area contributed by atoms with E-state index in [-0.39, 0.29) is 0 Å². The molecule has 4 heteroatoms. The van der Waals surface area contributed by atoms with Crippen LogP contribution in [0.1, 0.15) is 34.5 Å². The molecule has 0 aromatic carbocycles. The van der Waals surface area contributed by atoms with Crippen LogP contribution in [0, 0.1) is 0 Å². The highest BCUT2D eigenvalue weighted by Gasteiger charge is 2.18. The van der Waals surface area contributed by atoms with E-state index in [9.17, 15) is 4.79 Å². The van der Waals surface area contributed by atoms with Crippen molar-refractivity contribution in [2.75, 3.05) is 0 Å². The number of ketones is 1. The van der Waals surface area contributed by atoms with Crippen LogP contribution in [0.25, 0.3) is 0 Å². The first-order chi connectivity index (χ1) is 8.74. The van der Waals surface area contributed by atoms with Crippen molar-refractivity contribution in [3.05, 3.63) is 41.5 Å². The van der Waals surface area contributed by atoms with Gasteiger partial charge in [-0.2, -0.15) is 5.10 Å². The summed E-state index contributed by atoms with van der Waals surface area (Å²) in [5, 5.41) is 4.16. The molecule has 3 rings (SSSR count). The minimum absolute atomic E-state index is 0.301. The maximum Gasteiger partial charge on any atom is 0.164 e. The van der Waals surface area contributed by atoms with Crippen LogP contribution in [0.5, 0.6) is 0 Å². The van der Waals surface area contributed by atoms with Crippen LogP contribution < -0.4 is 0 Å². The second-order valence-electron chi connectivity index (χ2n) is 4.91. The molecule has 0 spiro atoms. The Kier molecular flexibility index (Phi) is 2.78. The van der Waals surface area contributed by atoms with Crippen LogP contribution in [0.4, 0.5) is 0 Å². The number of carbonyl (C=O) groups is 1. The van der Waals surface area contributed by atoms with Crippen LogP contribution in [0.15, 0.2) is 24.7 Å². The van der Waals surface area contributed by atoms with Crippen molar-refractivity contribution in [2.45, 2.75) is 32.2 Å². The summed E-state index contributed by atoms with van der Waals surface area (Å²) in [7, 11) is 1.96. The highest BCUT2D eigenvalue weighted by Crippen LogP contribution is 2.22. The molecule has 0 saturated heterocycles. The number of aryl methyl sites for hydroxylation is 4. The van der Waals surface area contributed by atoms with E-state index >= 15 is 0 Å². The first-order valence-corrected chi connectivity index (χ1v) is 6.43. The third-order valence-corrected chi connectivity index (χ3v) is 3.66. The first kappa shape index (κ1) is 11.3. The number of aromatic nitrogens is 3. The van der Waals surface area contributed by atoms with Gasteiger partial charge in [-0.25, -0.2) is 0 Å². The standard InChI is InChI=1S/C14H17N3O/c1-16-12(5-7-15-16)6-8-17-9-11-3-2-4-14(18)13(11)10-17/h5,7,9-10H,2-4,6,8H2,1H3. The van der Waals surface area contributed by atoms with Crippen molar-refractivity contribution in [3.8, 4) is 0 Å². The molecule has 0 aliphatic heterocycles. The molecular weight excluding hydrogens is 226 g/mol. The normalized spacial score (nSPS) is 14.8. The first-order valence-electron chi connectivity index (χ1n) is 6.43. The molecule has 1 aliphatic carbocycles. The number of Topliss-reactive ketones (excluding diaryl/α,β-unsaturated/α-hetero) is 1. The molecule has 0 N–H and O–H groups in total. The lowest BCUT2D eigenvalue weighted by atomic mass is 9.95. The van der Waals surface area contributed by atoms with Crippen molar-refractivity contribution in [2.24, 2.45) is 7.05 Å². The number of hydrogen-bond donors (Lipinski definition) is 0. The predicted molar refractivity (Wildman–Crippen MR) is 68.6 cm³/mol. The minimum Gasteiger partial charge on any atom is -0.353 e. The zero-order valence-corrected chi connectivity index (χ0v) is 10.6. The van der Waals surface area contributed by atoms with E-state index in [0.717, 1.165) is 31.4 Å². The van der Waals surface area contributed by atoms with Gasteiger partial charge in [-0.1, -0.05) is 0 Å². The topological polar surface area (TPSA) is 39.8 Å². The summed E-state index contributed by atoms with van der Waals surface area (Å²) < 4.78 is 4.04. The fraction of sp³-hybridized carbons (Fsp3) is 0.429. The predicted octanol–water partition coefficient (Wildman–Crippen LogP) is 1.98. The summed E-state index contributed by atoms with van der Waals surface area (Å²) in [6, 6.07) is 2.04. The van der Waals surface area contributed by atoms with Crippen molar-refractivity contribution in [1.29, 1.82) is 0 Å². The molecule has 0 bridgehead atoms. The van der Waals surface area contributed by atoms with Crippen LogP contribution >= 0.6 is 0 Å². The quantitative estimate of drug-likeness (QED) is 0.827. The molecule has 2 aromatic rings. The van der Waals surface area contributed by atoms with Gasteiger partial charge in [0, 0.05) is 56.3 Å². The summed E-state index contributed by atoms with van der Waals surface area (Å²) in [6.45, 7) is 0.903. The van der Waals surface area contributed by atoms with Crippen molar-refractivity contribution < 1.29 is 4.79 Å². The van der Waals surface area contributed by atoms with Gasteiger partial charge in [0.25, 0.3) is 0 Å². The summed E-state index contributed by atoms with van der Waals surface area (Å²) in [6.07, 6.45) is 9.64. The fourth-order valence-corrected chi connectivity index (χ4v) is 2.60. The van der Waals surface area contributed by atoms with Gasteiger partial charge >= 0.3 is 0 Å². The molecule has 94 valence electrons. The molecule has 0 amide bonds. The Morgan fingerprint density at radius 2 is 2.22 bits per heavy atom. The second kappa shape index (κ2) is 4.44. The molecule has 18 heavy (non-hydrogen) atoms. The monoisotopic (exact) mass is 243 g/mol. The third kappa shape index (κ3) is 1.98. The summed E-state index contributed by atoms with van der Waals surface area (Å²) in [5.74, 6) is 0.301. The third-order valence-electron chi connectivity index (χ3n) is 3.66. The van der Waals surface area contributed by atoms with Gasteiger partial charge in [0.15, 0.2) is 5.78 Å². The number of rotatable bonds is 3. The van der Waals surface area contributed by atoms with Crippen LogP contribution in [-0.2, 0) is 26.4 Å². The number of fused-ring (bicyclic) bond motifs is 1. The fourth-order valence-electron chi connectivity index (χ4n) is 2.60. The number of nitrogens with zero attached hydrogens (tertiary/aromatic N) is 3. The van der Waals surface area contributed by atoms with Gasteiger partial charge in [0.2, 0.25) is 0 Å². The van der Waals surface area contributed by atoms with Crippen molar-refractivity contribution >= 4 is 5.78 Å². The van der Waals surface area contributed by atoms with Gasteiger partial charge < -0.3 is 4.57 Å². The zero-order chi connectivity index (χ0) is 12.5. The Labute approximate surface area is 106 Å². The molecular formula is C14H17N3O. The van der Waals surface area contributed by atoms with E-state index in [1.54, 1.807) is 0 Å². The minimum atomic E-state index is 0.301. The van der Waals surface area contributed by atoms with Crippen molar-refractivity contribution in [3.63, 3.8) is 0 Å². The summed E-state index contributed by atoms with van der Waals surface area (Å²) in [4.78, 5) is 11.8. The van der Waals surface area contributed by atoms with Crippen LogP contribution in [0.3, 0.4) is 0 Å². The Morgan fingerprint density at radius 3 is 2.94 bits per heavy atom. The van der Waals surface area contributed by atoms with E-state index in [1.165, 1.54) is 11.3 Å². The lowest BCUT2D eigenvalue weighted by Gasteiger charge is -2.07. The Morgan fingerprint density at radius 1 is 1.33 bits per heavy atom. The molecule has 2 heterocycles. The lowest BCUT2D eigenvalue weighted by Crippen LogP contribution is -2.07. The van der Waals surface area contributed by atoms with E-state index in [2.05, 4.69) is 15.9 Å². The number of carbonyl (C=O) groups excluding carboxylic acids is 1. The lowest BCUT2D eigenvalue weighted by molar-refractivity contribution is 0.0973. The van der Waals surface area contributed by atoms with Gasteiger partial charge in [-0.3, -0.25) is 9.48 Å². The van der Waals surface area contributed by atoms with Gasteiger partial charge in [-0.15, -0.1) is 0 Å². The summed E-state index contributed by atoms with van der Waals surface area (Å²) >= 11 is 0.